The largest absolute Gasteiger partial charge is 0.395 e. The Bertz CT molecular complexity index is 579. The smallest absolute Gasteiger partial charge is 0.123 e. The van der Waals surface area contributed by atoms with Gasteiger partial charge in [-0.1, -0.05) is 36.2 Å². The number of hydrogen-bond donors (Lipinski definition) is 1. The number of rotatable bonds is 4. The number of thiazole rings is 1. The van der Waals surface area contributed by atoms with Crippen molar-refractivity contribution in [2.75, 3.05) is 13.2 Å². The number of piperidine rings is 1. The standard InChI is InChI=1S/C17H22N2OS/c1-13-5-7-14(8-6-13)17-18-15(12-21-17)10-19-9-3-2-4-16(19)11-20/h5-8,12,16,20H,2-4,9-11H2,1H3. The number of aromatic nitrogens is 1. The van der Waals surface area contributed by atoms with Gasteiger partial charge < -0.3 is 5.11 Å². The summed E-state index contributed by atoms with van der Waals surface area (Å²) in [7, 11) is 0. The SMILES string of the molecule is Cc1ccc(-c2nc(CN3CCCCC3CO)cs2)cc1. The number of nitrogens with zero attached hydrogens (tertiary/aromatic N) is 2. The van der Waals surface area contributed by atoms with Gasteiger partial charge in [0.1, 0.15) is 5.01 Å². The van der Waals surface area contributed by atoms with E-state index in [0.29, 0.717) is 6.04 Å². The topological polar surface area (TPSA) is 36.4 Å². The van der Waals surface area contributed by atoms with E-state index in [1.165, 1.54) is 24.0 Å². The number of aryl methyl sites for hydroxylation is 1. The van der Waals surface area contributed by atoms with Crippen LogP contribution in [0.2, 0.25) is 0 Å². The molecule has 0 radical (unpaired) electrons. The van der Waals surface area contributed by atoms with Gasteiger partial charge in [-0.25, -0.2) is 4.98 Å². The molecule has 21 heavy (non-hydrogen) atoms. The van der Waals surface area contributed by atoms with Crippen LogP contribution in [-0.4, -0.2) is 34.2 Å². The molecule has 0 spiro atoms. The number of hydrogen-bond acceptors (Lipinski definition) is 4. The second-order valence-corrected chi connectivity index (χ2v) is 6.67. The molecule has 2 aromatic rings. The van der Waals surface area contributed by atoms with Gasteiger partial charge in [-0.15, -0.1) is 11.3 Å². The van der Waals surface area contributed by atoms with Crippen LogP contribution < -0.4 is 0 Å². The van der Waals surface area contributed by atoms with Gasteiger partial charge in [-0.2, -0.15) is 0 Å². The van der Waals surface area contributed by atoms with Gasteiger partial charge in [0.25, 0.3) is 0 Å². The van der Waals surface area contributed by atoms with Crippen molar-refractivity contribution >= 4 is 11.3 Å². The Balaban J connectivity index is 1.71. The third-order valence-corrected chi connectivity index (χ3v) is 5.12. The highest BCUT2D eigenvalue weighted by Crippen LogP contribution is 2.26. The molecule has 1 aromatic carbocycles. The van der Waals surface area contributed by atoms with E-state index in [4.69, 9.17) is 4.98 Å². The molecule has 112 valence electrons. The highest BCUT2D eigenvalue weighted by Gasteiger charge is 2.22. The van der Waals surface area contributed by atoms with Crippen LogP contribution in [0.3, 0.4) is 0 Å². The van der Waals surface area contributed by atoms with Crippen molar-refractivity contribution in [2.24, 2.45) is 0 Å². The second-order valence-electron chi connectivity index (χ2n) is 5.81. The third kappa shape index (κ3) is 3.51. The Kier molecular flexibility index (Phi) is 4.68. The molecular weight excluding hydrogens is 280 g/mol. The molecular formula is C17H22N2OS. The lowest BCUT2D eigenvalue weighted by Gasteiger charge is -2.33. The fourth-order valence-electron chi connectivity index (χ4n) is 2.89. The van der Waals surface area contributed by atoms with Crippen molar-refractivity contribution in [1.82, 2.24) is 9.88 Å². The number of aliphatic hydroxyl groups is 1. The van der Waals surface area contributed by atoms with Crippen molar-refractivity contribution in [3.63, 3.8) is 0 Å². The van der Waals surface area contributed by atoms with Crippen LogP contribution in [-0.2, 0) is 6.54 Å². The molecule has 0 saturated carbocycles. The van der Waals surface area contributed by atoms with Crippen molar-refractivity contribution < 1.29 is 5.11 Å². The van der Waals surface area contributed by atoms with Crippen LogP contribution in [0.1, 0.15) is 30.5 Å². The van der Waals surface area contributed by atoms with Gasteiger partial charge >= 0.3 is 0 Å². The van der Waals surface area contributed by atoms with Crippen LogP contribution in [0, 0.1) is 6.92 Å². The summed E-state index contributed by atoms with van der Waals surface area (Å²) in [5.41, 5.74) is 3.58. The van der Waals surface area contributed by atoms with E-state index in [0.717, 1.165) is 30.2 Å². The van der Waals surface area contributed by atoms with E-state index < -0.39 is 0 Å². The fraction of sp³-hybridized carbons (Fsp3) is 0.471. The van der Waals surface area contributed by atoms with E-state index in [9.17, 15) is 5.11 Å². The summed E-state index contributed by atoms with van der Waals surface area (Å²) in [6, 6.07) is 8.83. The molecule has 1 N–H and O–H groups in total. The molecule has 4 heteroatoms. The second kappa shape index (κ2) is 6.69. The highest BCUT2D eigenvalue weighted by atomic mass is 32.1. The van der Waals surface area contributed by atoms with E-state index >= 15 is 0 Å². The van der Waals surface area contributed by atoms with Gasteiger partial charge in [-0.3, -0.25) is 4.90 Å². The zero-order valence-electron chi connectivity index (χ0n) is 12.5. The van der Waals surface area contributed by atoms with Crippen LogP contribution in [0.4, 0.5) is 0 Å². The Morgan fingerprint density at radius 3 is 2.86 bits per heavy atom. The molecule has 0 amide bonds. The monoisotopic (exact) mass is 302 g/mol. The van der Waals surface area contributed by atoms with Crippen molar-refractivity contribution in [3.8, 4) is 10.6 Å². The molecule has 2 heterocycles. The van der Waals surface area contributed by atoms with Gasteiger partial charge in [0.2, 0.25) is 0 Å². The summed E-state index contributed by atoms with van der Waals surface area (Å²) < 4.78 is 0. The maximum Gasteiger partial charge on any atom is 0.123 e. The minimum absolute atomic E-state index is 0.259. The molecule has 3 rings (SSSR count). The lowest BCUT2D eigenvalue weighted by atomic mass is 10.0. The first kappa shape index (κ1) is 14.7. The summed E-state index contributed by atoms with van der Waals surface area (Å²) in [4.78, 5) is 7.14. The molecule has 1 fully saturated rings. The van der Waals surface area contributed by atoms with Gasteiger partial charge in [-0.05, 0) is 26.3 Å². The molecule has 1 aromatic heterocycles. The van der Waals surface area contributed by atoms with Crippen LogP contribution >= 0.6 is 11.3 Å². The van der Waals surface area contributed by atoms with Gasteiger partial charge in [0.15, 0.2) is 0 Å². The zero-order valence-corrected chi connectivity index (χ0v) is 13.3. The molecule has 1 unspecified atom stereocenters. The van der Waals surface area contributed by atoms with Crippen LogP contribution in [0.25, 0.3) is 10.6 Å². The van der Waals surface area contributed by atoms with Crippen LogP contribution in [0.15, 0.2) is 29.6 Å². The molecule has 1 aliphatic rings. The molecule has 0 bridgehead atoms. The summed E-state index contributed by atoms with van der Waals surface area (Å²) in [6.45, 7) is 4.29. The predicted molar refractivity (Wildman–Crippen MR) is 87.4 cm³/mol. The van der Waals surface area contributed by atoms with E-state index in [-0.39, 0.29) is 6.61 Å². The molecule has 1 saturated heterocycles. The highest BCUT2D eigenvalue weighted by molar-refractivity contribution is 7.13. The maximum absolute atomic E-state index is 9.49. The first-order valence-corrected chi connectivity index (χ1v) is 8.50. The lowest BCUT2D eigenvalue weighted by Crippen LogP contribution is -2.41. The predicted octanol–water partition coefficient (Wildman–Crippen LogP) is 3.47. The summed E-state index contributed by atoms with van der Waals surface area (Å²) in [5, 5.41) is 12.7. The average molecular weight is 302 g/mol. The maximum atomic E-state index is 9.49. The van der Waals surface area contributed by atoms with E-state index in [1.807, 2.05) is 0 Å². The molecule has 1 atom stereocenters. The fourth-order valence-corrected chi connectivity index (χ4v) is 3.71. The first-order chi connectivity index (χ1) is 10.3. The molecule has 3 nitrogen and oxygen atoms in total. The minimum atomic E-state index is 0.259. The normalized spacial score (nSPS) is 19.8. The van der Waals surface area contributed by atoms with Crippen molar-refractivity contribution in [1.29, 1.82) is 0 Å². The van der Waals surface area contributed by atoms with Gasteiger partial charge in [0, 0.05) is 23.5 Å². The number of aliphatic hydroxyl groups excluding tert-OH is 1. The number of likely N-dealkylation sites (tertiary alicyclic amines) is 1. The lowest BCUT2D eigenvalue weighted by molar-refractivity contribution is 0.0832. The average Bonchev–Trinajstić information content (AvgIpc) is 2.97. The zero-order chi connectivity index (χ0) is 14.7. The van der Waals surface area contributed by atoms with Gasteiger partial charge in [0.05, 0.1) is 12.3 Å². The minimum Gasteiger partial charge on any atom is -0.395 e. The van der Waals surface area contributed by atoms with Crippen LogP contribution in [0.5, 0.6) is 0 Å². The Morgan fingerprint density at radius 2 is 2.10 bits per heavy atom. The molecule has 0 aliphatic carbocycles. The quantitative estimate of drug-likeness (QED) is 0.939. The first-order valence-electron chi connectivity index (χ1n) is 7.62. The molecule has 1 aliphatic heterocycles. The van der Waals surface area contributed by atoms with Crippen molar-refractivity contribution in [3.05, 3.63) is 40.9 Å². The van der Waals surface area contributed by atoms with E-state index in [2.05, 4.69) is 41.5 Å². The number of benzene rings is 1. The van der Waals surface area contributed by atoms with Crippen molar-refractivity contribution in [2.45, 2.75) is 38.8 Å². The Morgan fingerprint density at radius 1 is 1.29 bits per heavy atom. The third-order valence-electron chi connectivity index (χ3n) is 4.18. The summed E-state index contributed by atoms with van der Waals surface area (Å²) in [5.74, 6) is 0. The Labute approximate surface area is 130 Å². The summed E-state index contributed by atoms with van der Waals surface area (Å²) in [6.07, 6.45) is 3.56. The summed E-state index contributed by atoms with van der Waals surface area (Å²) >= 11 is 1.71. The Hall–Kier alpha value is -1.23. The van der Waals surface area contributed by atoms with E-state index in [1.54, 1.807) is 11.3 Å².